The van der Waals surface area contributed by atoms with Gasteiger partial charge in [0.05, 0.1) is 0 Å². The zero-order chi connectivity index (χ0) is 11.7. The molecule has 1 amide bonds. The molecule has 0 aliphatic carbocycles. The van der Waals surface area contributed by atoms with E-state index in [9.17, 15) is 4.79 Å². The third kappa shape index (κ3) is 2.09. The number of aryl methyl sites for hydroxylation is 1. The number of carbonyl (C=O) groups is 1. The van der Waals surface area contributed by atoms with Crippen molar-refractivity contribution < 1.29 is 4.79 Å². The Morgan fingerprint density at radius 3 is 2.88 bits per heavy atom. The van der Waals surface area contributed by atoms with Crippen LogP contribution in [0.1, 0.15) is 24.5 Å². The number of hydrogen-bond donors (Lipinski definition) is 1. The van der Waals surface area contributed by atoms with Gasteiger partial charge in [-0.2, -0.15) is 0 Å². The number of amides is 1. The van der Waals surface area contributed by atoms with Gasteiger partial charge in [-0.25, -0.2) is 0 Å². The molecule has 0 aromatic heterocycles. The van der Waals surface area contributed by atoms with Crippen molar-refractivity contribution in [2.75, 3.05) is 11.9 Å². The van der Waals surface area contributed by atoms with Crippen LogP contribution in [0.2, 0.25) is 0 Å². The van der Waals surface area contributed by atoms with Crippen LogP contribution >= 0.6 is 0 Å². The lowest BCUT2D eigenvalue weighted by molar-refractivity contribution is -0.118. The quantitative estimate of drug-likeness (QED) is 0.817. The molecule has 0 spiro atoms. The van der Waals surface area contributed by atoms with E-state index in [1.54, 1.807) is 4.90 Å². The van der Waals surface area contributed by atoms with Gasteiger partial charge in [0, 0.05) is 25.2 Å². The van der Waals surface area contributed by atoms with E-state index in [1.807, 2.05) is 14.0 Å². The highest BCUT2D eigenvalue weighted by atomic mass is 16.2. The lowest BCUT2D eigenvalue weighted by Crippen LogP contribution is -2.31. The van der Waals surface area contributed by atoms with E-state index in [4.69, 9.17) is 5.73 Å². The topological polar surface area (TPSA) is 46.3 Å². The van der Waals surface area contributed by atoms with E-state index in [-0.39, 0.29) is 11.9 Å². The first-order valence-electron chi connectivity index (χ1n) is 5.72. The van der Waals surface area contributed by atoms with E-state index in [0.717, 1.165) is 18.5 Å². The molecule has 3 heteroatoms. The minimum Gasteiger partial charge on any atom is -0.328 e. The Labute approximate surface area is 96.2 Å². The molecule has 1 aliphatic rings. The molecule has 86 valence electrons. The number of nitrogens with two attached hydrogens (primary N) is 1. The number of benzene rings is 1. The molecule has 1 unspecified atom stereocenters. The van der Waals surface area contributed by atoms with Crippen LogP contribution in [0, 0.1) is 0 Å². The Bertz CT molecular complexity index is 412. The predicted molar refractivity (Wildman–Crippen MR) is 65.5 cm³/mol. The molecule has 3 nitrogen and oxygen atoms in total. The van der Waals surface area contributed by atoms with Gasteiger partial charge in [0.2, 0.25) is 5.91 Å². The summed E-state index contributed by atoms with van der Waals surface area (Å²) in [7, 11) is 1.84. The molecule has 0 fully saturated rings. The van der Waals surface area contributed by atoms with E-state index in [2.05, 4.69) is 18.2 Å². The van der Waals surface area contributed by atoms with E-state index >= 15 is 0 Å². The van der Waals surface area contributed by atoms with Gasteiger partial charge in [-0.05, 0) is 37.0 Å². The first kappa shape index (κ1) is 11.1. The summed E-state index contributed by atoms with van der Waals surface area (Å²) in [5, 5.41) is 0. The summed E-state index contributed by atoms with van der Waals surface area (Å²) in [5.41, 5.74) is 9.30. The SMILES string of the molecule is CC(N)Cc1ccc2c(c1)N(C)C(=O)CC2. The minimum atomic E-state index is 0.155. The van der Waals surface area contributed by atoms with Gasteiger partial charge >= 0.3 is 0 Å². The smallest absolute Gasteiger partial charge is 0.227 e. The molecule has 1 aliphatic heterocycles. The largest absolute Gasteiger partial charge is 0.328 e. The van der Waals surface area contributed by atoms with Gasteiger partial charge in [-0.15, -0.1) is 0 Å². The second-order valence-corrected chi connectivity index (χ2v) is 4.60. The maximum Gasteiger partial charge on any atom is 0.227 e. The Hall–Kier alpha value is -1.35. The van der Waals surface area contributed by atoms with Crippen LogP contribution in [-0.4, -0.2) is 19.0 Å². The monoisotopic (exact) mass is 218 g/mol. The second-order valence-electron chi connectivity index (χ2n) is 4.60. The normalized spacial score (nSPS) is 17.2. The molecule has 16 heavy (non-hydrogen) atoms. The highest BCUT2D eigenvalue weighted by molar-refractivity contribution is 5.95. The van der Waals surface area contributed by atoms with Gasteiger partial charge < -0.3 is 10.6 Å². The standard InChI is InChI=1S/C13H18N2O/c1-9(14)7-10-3-4-11-5-6-13(16)15(2)12(11)8-10/h3-4,8-9H,5-7,14H2,1-2H3. The van der Waals surface area contributed by atoms with Crippen LogP contribution < -0.4 is 10.6 Å². The summed E-state index contributed by atoms with van der Waals surface area (Å²) >= 11 is 0. The number of carbonyl (C=O) groups excluding carboxylic acids is 1. The highest BCUT2D eigenvalue weighted by Gasteiger charge is 2.20. The fourth-order valence-electron chi connectivity index (χ4n) is 2.18. The second kappa shape index (κ2) is 4.26. The molecular formula is C13H18N2O. The number of hydrogen-bond acceptors (Lipinski definition) is 2. The average molecular weight is 218 g/mol. The summed E-state index contributed by atoms with van der Waals surface area (Å²) in [6.07, 6.45) is 2.34. The van der Waals surface area contributed by atoms with E-state index in [1.165, 1.54) is 11.1 Å². The molecule has 1 aromatic rings. The van der Waals surface area contributed by atoms with Crippen molar-refractivity contribution >= 4 is 11.6 Å². The third-order valence-corrected chi connectivity index (χ3v) is 3.05. The lowest BCUT2D eigenvalue weighted by Gasteiger charge is -2.26. The summed E-state index contributed by atoms with van der Waals surface area (Å²) in [4.78, 5) is 13.3. The van der Waals surface area contributed by atoms with Crippen LogP contribution in [0.5, 0.6) is 0 Å². The third-order valence-electron chi connectivity index (χ3n) is 3.05. The highest BCUT2D eigenvalue weighted by Crippen LogP contribution is 2.27. The molecule has 0 radical (unpaired) electrons. The summed E-state index contributed by atoms with van der Waals surface area (Å²) in [6.45, 7) is 1.99. The molecule has 2 N–H and O–H groups in total. The average Bonchev–Trinajstić information content (AvgIpc) is 2.23. The van der Waals surface area contributed by atoms with Gasteiger partial charge in [-0.3, -0.25) is 4.79 Å². The number of rotatable bonds is 2. The van der Waals surface area contributed by atoms with Crippen LogP contribution in [0.4, 0.5) is 5.69 Å². The van der Waals surface area contributed by atoms with Crippen LogP contribution in [0.15, 0.2) is 18.2 Å². The minimum absolute atomic E-state index is 0.155. The Morgan fingerprint density at radius 1 is 1.44 bits per heavy atom. The van der Waals surface area contributed by atoms with Crippen molar-refractivity contribution in [3.63, 3.8) is 0 Å². The van der Waals surface area contributed by atoms with Crippen LogP contribution in [0.3, 0.4) is 0 Å². The zero-order valence-corrected chi connectivity index (χ0v) is 9.86. The fourth-order valence-corrected chi connectivity index (χ4v) is 2.18. The summed E-state index contributed by atoms with van der Waals surface area (Å²) < 4.78 is 0. The van der Waals surface area contributed by atoms with E-state index in [0.29, 0.717) is 6.42 Å². The molecule has 0 saturated heterocycles. The molecule has 1 heterocycles. The zero-order valence-electron chi connectivity index (χ0n) is 9.86. The number of fused-ring (bicyclic) bond motifs is 1. The van der Waals surface area contributed by atoms with Crippen molar-refractivity contribution in [3.8, 4) is 0 Å². The number of anilines is 1. The van der Waals surface area contributed by atoms with Crippen LogP contribution in [-0.2, 0) is 17.6 Å². The van der Waals surface area contributed by atoms with Gasteiger partial charge in [0.25, 0.3) is 0 Å². The maximum absolute atomic E-state index is 11.6. The molecule has 1 atom stereocenters. The molecule has 2 rings (SSSR count). The van der Waals surface area contributed by atoms with Gasteiger partial charge in [0.15, 0.2) is 0 Å². The Morgan fingerprint density at radius 2 is 2.19 bits per heavy atom. The maximum atomic E-state index is 11.6. The predicted octanol–water partition coefficient (Wildman–Crippen LogP) is 1.49. The first-order chi connectivity index (χ1) is 7.58. The fraction of sp³-hybridized carbons (Fsp3) is 0.462. The summed E-state index contributed by atoms with van der Waals surface area (Å²) in [6, 6.07) is 6.49. The summed E-state index contributed by atoms with van der Waals surface area (Å²) in [5.74, 6) is 0.199. The first-order valence-corrected chi connectivity index (χ1v) is 5.72. The van der Waals surface area contributed by atoms with Crippen LogP contribution in [0.25, 0.3) is 0 Å². The number of nitrogens with zero attached hydrogens (tertiary/aromatic N) is 1. The Kier molecular flexibility index (Phi) is 2.97. The Balaban J connectivity index is 2.33. The van der Waals surface area contributed by atoms with Crippen molar-refractivity contribution in [1.29, 1.82) is 0 Å². The van der Waals surface area contributed by atoms with Crippen molar-refractivity contribution in [2.24, 2.45) is 5.73 Å². The van der Waals surface area contributed by atoms with Gasteiger partial charge in [0.1, 0.15) is 0 Å². The molecule has 0 saturated carbocycles. The molecule has 0 bridgehead atoms. The van der Waals surface area contributed by atoms with Crippen molar-refractivity contribution in [2.45, 2.75) is 32.2 Å². The molecular weight excluding hydrogens is 200 g/mol. The van der Waals surface area contributed by atoms with Crippen molar-refractivity contribution in [3.05, 3.63) is 29.3 Å². The lowest BCUT2D eigenvalue weighted by atomic mass is 9.97. The van der Waals surface area contributed by atoms with Crippen molar-refractivity contribution in [1.82, 2.24) is 0 Å². The van der Waals surface area contributed by atoms with E-state index < -0.39 is 0 Å². The molecule has 1 aromatic carbocycles. The van der Waals surface area contributed by atoms with Gasteiger partial charge in [-0.1, -0.05) is 12.1 Å².